The van der Waals surface area contributed by atoms with Crippen molar-refractivity contribution < 1.29 is 14.7 Å². The normalized spacial score (nSPS) is 27.6. The Kier molecular flexibility index (Phi) is 3.76. The molecule has 0 bridgehead atoms. The first kappa shape index (κ1) is 11.6. The first-order chi connectivity index (χ1) is 7.10. The molecule has 1 aliphatic rings. The van der Waals surface area contributed by atoms with Crippen LogP contribution in [-0.2, 0) is 4.74 Å². The molecule has 15 heavy (non-hydrogen) atoms. The molecule has 6 nitrogen and oxygen atoms in total. The number of amides is 1. The summed E-state index contributed by atoms with van der Waals surface area (Å²) in [5, 5.41) is 11.5. The zero-order valence-electron chi connectivity index (χ0n) is 9.01. The molecule has 1 aliphatic heterocycles. The molecule has 1 heterocycles. The lowest BCUT2D eigenvalue weighted by Gasteiger charge is -2.36. The van der Waals surface area contributed by atoms with E-state index in [1.165, 1.54) is 7.11 Å². The SMILES string of the molecule is COC(=O)N1CC(/C(N)=N/O)CCC1C. The first-order valence-corrected chi connectivity index (χ1v) is 4.92. The molecule has 0 aromatic carbocycles. The Labute approximate surface area is 88.7 Å². The molecule has 0 aromatic heterocycles. The molecule has 6 heteroatoms. The van der Waals surface area contributed by atoms with Gasteiger partial charge in [-0.1, -0.05) is 5.16 Å². The number of oxime groups is 1. The van der Waals surface area contributed by atoms with E-state index in [4.69, 9.17) is 10.9 Å². The average Bonchev–Trinajstić information content (AvgIpc) is 2.27. The van der Waals surface area contributed by atoms with E-state index in [1.807, 2.05) is 6.92 Å². The molecule has 0 spiro atoms. The van der Waals surface area contributed by atoms with Crippen LogP contribution in [0.25, 0.3) is 0 Å². The number of hydrogen-bond donors (Lipinski definition) is 2. The van der Waals surface area contributed by atoms with Crippen molar-refractivity contribution in [1.29, 1.82) is 0 Å². The molecular weight excluding hydrogens is 198 g/mol. The van der Waals surface area contributed by atoms with Crippen LogP contribution in [0.4, 0.5) is 4.79 Å². The van der Waals surface area contributed by atoms with Gasteiger partial charge in [-0.25, -0.2) is 4.79 Å². The number of ether oxygens (including phenoxy) is 1. The maximum atomic E-state index is 11.4. The van der Waals surface area contributed by atoms with Crippen molar-refractivity contribution in [1.82, 2.24) is 4.90 Å². The predicted molar refractivity (Wildman–Crippen MR) is 54.7 cm³/mol. The summed E-state index contributed by atoms with van der Waals surface area (Å²) in [7, 11) is 1.35. The molecule has 3 N–H and O–H groups in total. The Hall–Kier alpha value is -1.46. The zero-order valence-corrected chi connectivity index (χ0v) is 9.01. The lowest BCUT2D eigenvalue weighted by atomic mass is 9.93. The van der Waals surface area contributed by atoms with Crippen molar-refractivity contribution in [2.45, 2.75) is 25.8 Å². The van der Waals surface area contributed by atoms with E-state index in [0.29, 0.717) is 6.54 Å². The van der Waals surface area contributed by atoms with Gasteiger partial charge in [-0.2, -0.15) is 0 Å². The number of nitrogens with zero attached hydrogens (tertiary/aromatic N) is 2. The standard InChI is InChI=1S/C9H17N3O3/c1-6-3-4-7(8(10)11-14)5-12(6)9(13)15-2/h6-7,14H,3-5H2,1-2H3,(H2,10,11). The molecule has 0 saturated carbocycles. The molecule has 1 amide bonds. The number of carbonyl (C=O) groups is 1. The van der Waals surface area contributed by atoms with Crippen LogP contribution in [0.3, 0.4) is 0 Å². The van der Waals surface area contributed by atoms with Gasteiger partial charge in [0.1, 0.15) is 5.84 Å². The van der Waals surface area contributed by atoms with Crippen LogP contribution in [0.2, 0.25) is 0 Å². The summed E-state index contributed by atoms with van der Waals surface area (Å²) in [4.78, 5) is 13.0. The molecule has 0 aliphatic carbocycles. The monoisotopic (exact) mass is 215 g/mol. The first-order valence-electron chi connectivity index (χ1n) is 4.92. The fourth-order valence-electron chi connectivity index (χ4n) is 1.80. The summed E-state index contributed by atoms with van der Waals surface area (Å²) in [6, 6.07) is 0.139. The highest BCUT2D eigenvalue weighted by atomic mass is 16.5. The second-order valence-corrected chi connectivity index (χ2v) is 3.77. The predicted octanol–water partition coefficient (Wildman–Crippen LogP) is 0.600. The maximum Gasteiger partial charge on any atom is 0.409 e. The van der Waals surface area contributed by atoms with Crippen molar-refractivity contribution in [2.75, 3.05) is 13.7 Å². The minimum atomic E-state index is -0.363. The van der Waals surface area contributed by atoms with Crippen molar-refractivity contribution in [3.8, 4) is 0 Å². The lowest BCUT2D eigenvalue weighted by Crippen LogP contribution is -2.48. The molecule has 0 radical (unpaired) electrons. The van der Waals surface area contributed by atoms with Crippen molar-refractivity contribution in [3.05, 3.63) is 0 Å². The van der Waals surface area contributed by atoms with E-state index in [0.717, 1.165) is 12.8 Å². The van der Waals surface area contributed by atoms with Crippen molar-refractivity contribution >= 4 is 11.9 Å². The number of methoxy groups -OCH3 is 1. The zero-order chi connectivity index (χ0) is 11.4. The van der Waals surface area contributed by atoms with Crippen molar-refractivity contribution in [3.63, 3.8) is 0 Å². The largest absolute Gasteiger partial charge is 0.453 e. The number of rotatable bonds is 1. The number of hydrogen-bond acceptors (Lipinski definition) is 4. The third-order valence-corrected chi connectivity index (χ3v) is 2.82. The van der Waals surface area contributed by atoms with Crippen molar-refractivity contribution in [2.24, 2.45) is 16.8 Å². The third kappa shape index (κ3) is 2.51. The Morgan fingerprint density at radius 2 is 2.27 bits per heavy atom. The summed E-state index contributed by atoms with van der Waals surface area (Å²) in [5.41, 5.74) is 5.52. The van der Waals surface area contributed by atoms with Crippen LogP contribution in [0.1, 0.15) is 19.8 Å². The number of likely N-dealkylation sites (tertiary alicyclic amines) is 1. The fraction of sp³-hybridized carbons (Fsp3) is 0.778. The Bertz CT molecular complexity index is 267. The Morgan fingerprint density at radius 3 is 2.80 bits per heavy atom. The topological polar surface area (TPSA) is 88.2 Å². The van der Waals surface area contributed by atoms with Crippen LogP contribution in [0.5, 0.6) is 0 Å². The number of amidine groups is 1. The molecule has 0 aromatic rings. The van der Waals surface area contributed by atoms with Gasteiger partial charge in [-0.3, -0.25) is 0 Å². The van der Waals surface area contributed by atoms with E-state index in [-0.39, 0.29) is 23.9 Å². The molecule has 2 unspecified atom stereocenters. The van der Waals surface area contributed by atoms with Gasteiger partial charge in [-0.15, -0.1) is 0 Å². The molecule has 2 atom stereocenters. The smallest absolute Gasteiger partial charge is 0.409 e. The van der Waals surface area contributed by atoms with Gasteiger partial charge in [-0.05, 0) is 19.8 Å². The summed E-state index contributed by atoms with van der Waals surface area (Å²) < 4.78 is 4.67. The van der Waals surface area contributed by atoms with Crippen LogP contribution < -0.4 is 5.73 Å². The molecule has 86 valence electrons. The maximum absolute atomic E-state index is 11.4. The number of carbonyl (C=O) groups excluding carboxylic acids is 1. The third-order valence-electron chi connectivity index (χ3n) is 2.82. The van der Waals surface area contributed by atoms with Crippen LogP contribution in [0, 0.1) is 5.92 Å². The Morgan fingerprint density at radius 1 is 1.60 bits per heavy atom. The highest BCUT2D eigenvalue weighted by molar-refractivity contribution is 5.83. The summed E-state index contributed by atoms with van der Waals surface area (Å²) in [5.74, 6) is 0.0982. The van der Waals surface area contributed by atoms with Gasteiger partial charge in [0.05, 0.1) is 7.11 Å². The van der Waals surface area contributed by atoms with Gasteiger partial charge in [0.15, 0.2) is 0 Å². The molecule has 1 fully saturated rings. The minimum Gasteiger partial charge on any atom is -0.453 e. The highest BCUT2D eigenvalue weighted by Gasteiger charge is 2.31. The van der Waals surface area contributed by atoms with E-state index in [2.05, 4.69) is 9.89 Å². The minimum absolute atomic E-state index is 0.0784. The number of nitrogens with two attached hydrogens (primary N) is 1. The molecule has 1 rings (SSSR count). The lowest BCUT2D eigenvalue weighted by molar-refractivity contribution is 0.0867. The highest BCUT2D eigenvalue weighted by Crippen LogP contribution is 2.22. The molecular formula is C9H17N3O3. The van der Waals surface area contributed by atoms with Gasteiger partial charge >= 0.3 is 6.09 Å². The van der Waals surface area contributed by atoms with Gasteiger partial charge < -0.3 is 20.6 Å². The Balaban J connectivity index is 2.68. The van der Waals surface area contributed by atoms with Crippen LogP contribution in [-0.4, -0.2) is 41.7 Å². The fourth-order valence-corrected chi connectivity index (χ4v) is 1.80. The summed E-state index contributed by atoms with van der Waals surface area (Å²) in [6.07, 6.45) is 1.29. The summed E-state index contributed by atoms with van der Waals surface area (Å²) >= 11 is 0. The molecule has 1 saturated heterocycles. The second-order valence-electron chi connectivity index (χ2n) is 3.77. The quantitative estimate of drug-likeness (QED) is 0.290. The van der Waals surface area contributed by atoms with Gasteiger partial charge in [0.2, 0.25) is 0 Å². The van der Waals surface area contributed by atoms with Gasteiger partial charge in [0, 0.05) is 18.5 Å². The van der Waals surface area contributed by atoms with E-state index in [1.54, 1.807) is 4.90 Å². The van der Waals surface area contributed by atoms with Crippen LogP contribution >= 0.6 is 0 Å². The van der Waals surface area contributed by atoms with E-state index < -0.39 is 0 Å². The average molecular weight is 215 g/mol. The van der Waals surface area contributed by atoms with Crippen LogP contribution in [0.15, 0.2) is 5.16 Å². The number of piperidine rings is 1. The van der Waals surface area contributed by atoms with Gasteiger partial charge in [0.25, 0.3) is 0 Å². The van der Waals surface area contributed by atoms with E-state index in [9.17, 15) is 4.79 Å². The second kappa shape index (κ2) is 4.86. The van der Waals surface area contributed by atoms with E-state index >= 15 is 0 Å². The summed E-state index contributed by atoms with van der Waals surface area (Å²) in [6.45, 7) is 2.41.